The first-order chi connectivity index (χ1) is 38.0. The van der Waals surface area contributed by atoms with Gasteiger partial charge in [-0.2, -0.15) is 0 Å². The predicted molar refractivity (Wildman–Crippen MR) is 334 cm³/mol. The molecule has 0 saturated heterocycles. The van der Waals surface area contributed by atoms with Gasteiger partial charge < -0.3 is 14.2 Å². The van der Waals surface area contributed by atoms with E-state index in [9.17, 15) is 14.4 Å². The third kappa shape index (κ3) is 62.3. The van der Waals surface area contributed by atoms with Crippen LogP contribution in [0.1, 0.15) is 278 Å². The van der Waals surface area contributed by atoms with Crippen molar-refractivity contribution in [2.75, 3.05) is 13.2 Å². The van der Waals surface area contributed by atoms with E-state index in [0.717, 1.165) is 116 Å². The molecule has 0 amide bonds. The molecule has 0 aromatic heterocycles. The highest BCUT2D eigenvalue weighted by molar-refractivity contribution is 5.72. The maximum atomic E-state index is 12.8. The van der Waals surface area contributed by atoms with Gasteiger partial charge in [-0.25, -0.2) is 0 Å². The second-order valence-electron chi connectivity index (χ2n) is 20.6. The van der Waals surface area contributed by atoms with Gasteiger partial charge in [-0.05, 0) is 109 Å². The van der Waals surface area contributed by atoms with E-state index in [1.807, 2.05) is 6.08 Å². The second kappa shape index (κ2) is 64.1. The molecule has 0 N–H and O–H groups in total. The van der Waals surface area contributed by atoms with Crippen LogP contribution < -0.4 is 0 Å². The molecule has 0 saturated carbocycles. The summed E-state index contributed by atoms with van der Waals surface area (Å²) in [5.74, 6) is -1.06. The number of hydrogen-bond donors (Lipinski definition) is 0. The average molecular weight is 1070 g/mol. The van der Waals surface area contributed by atoms with Crippen molar-refractivity contribution < 1.29 is 28.6 Å². The number of carbonyl (C=O) groups excluding carboxylic acids is 3. The van der Waals surface area contributed by atoms with E-state index in [2.05, 4.69) is 142 Å². The minimum atomic E-state index is -0.838. The van der Waals surface area contributed by atoms with Crippen LogP contribution in [0, 0.1) is 0 Å². The van der Waals surface area contributed by atoms with Crippen molar-refractivity contribution in [1.29, 1.82) is 0 Å². The number of hydrogen-bond acceptors (Lipinski definition) is 6. The van der Waals surface area contributed by atoms with Crippen LogP contribution in [-0.2, 0) is 28.6 Å². The van der Waals surface area contributed by atoms with Crippen LogP contribution in [0.4, 0.5) is 0 Å². The smallest absolute Gasteiger partial charge is 0.310 e. The number of rotatable bonds is 56. The number of carbonyl (C=O) groups is 3. The Morgan fingerprint density at radius 2 is 0.545 bits per heavy atom. The zero-order chi connectivity index (χ0) is 55.7. The lowest BCUT2D eigenvalue weighted by Crippen LogP contribution is -2.30. The van der Waals surface area contributed by atoms with Crippen molar-refractivity contribution in [2.24, 2.45) is 0 Å². The zero-order valence-electron chi connectivity index (χ0n) is 49.9. The van der Waals surface area contributed by atoms with E-state index in [1.54, 1.807) is 6.08 Å². The predicted octanol–water partition coefficient (Wildman–Crippen LogP) is 21.8. The van der Waals surface area contributed by atoms with Gasteiger partial charge in [0, 0.05) is 12.8 Å². The van der Waals surface area contributed by atoms with Gasteiger partial charge in [0.05, 0.1) is 6.42 Å². The van der Waals surface area contributed by atoms with E-state index >= 15 is 0 Å². The molecular weight excluding hydrogens is 949 g/mol. The molecule has 1 unspecified atom stereocenters. The lowest BCUT2D eigenvalue weighted by Gasteiger charge is -2.18. The number of allylic oxidation sites excluding steroid dienone is 21. The SMILES string of the molecule is CC/C=C\C/C=C\C/C=C\C/C=C\C/C=C\CCCCCCCCCCCCCCCCCCCC(=O)OCC(COC(=O)CCCCCCC/C=C\CCCC)OC(=O)C/C=C\C/C=C\C/C=C\C/C=C\C/C=C\CC. The maximum absolute atomic E-state index is 12.8. The molecule has 6 heteroatoms. The Balaban J connectivity index is 4.19. The van der Waals surface area contributed by atoms with Gasteiger partial charge in [-0.3, -0.25) is 14.4 Å². The van der Waals surface area contributed by atoms with E-state index in [1.165, 1.54) is 122 Å². The molecule has 436 valence electrons. The van der Waals surface area contributed by atoms with Crippen molar-refractivity contribution in [3.63, 3.8) is 0 Å². The number of esters is 3. The third-order valence-electron chi connectivity index (χ3n) is 13.2. The molecule has 0 spiro atoms. The van der Waals surface area contributed by atoms with Crippen LogP contribution in [0.15, 0.2) is 134 Å². The Morgan fingerprint density at radius 1 is 0.286 bits per heavy atom. The molecule has 77 heavy (non-hydrogen) atoms. The summed E-state index contributed by atoms with van der Waals surface area (Å²) in [5, 5.41) is 0. The maximum Gasteiger partial charge on any atom is 0.310 e. The first-order valence-electron chi connectivity index (χ1n) is 31.7. The minimum absolute atomic E-state index is 0.0927. The van der Waals surface area contributed by atoms with Crippen molar-refractivity contribution >= 4 is 17.9 Å². The minimum Gasteiger partial charge on any atom is -0.462 e. The molecule has 0 aromatic carbocycles. The number of unbranched alkanes of at least 4 members (excludes halogenated alkanes) is 24. The van der Waals surface area contributed by atoms with Gasteiger partial charge in [0.2, 0.25) is 0 Å². The number of ether oxygens (including phenoxy) is 3. The molecule has 0 aliphatic carbocycles. The van der Waals surface area contributed by atoms with Gasteiger partial charge in [-0.1, -0.05) is 283 Å². The summed E-state index contributed by atoms with van der Waals surface area (Å²) in [5.41, 5.74) is 0. The Hall–Kier alpha value is -4.45. The Labute approximate surface area is 475 Å². The van der Waals surface area contributed by atoms with Crippen molar-refractivity contribution in [3.8, 4) is 0 Å². The highest BCUT2D eigenvalue weighted by Crippen LogP contribution is 2.16. The normalized spacial score (nSPS) is 13.0. The van der Waals surface area contributed by atoms with E-state index in [0.29, 0.717) is 12.8 Å². The first kappa shape index (κ1) is 72.5. The molecule has 6 nitrogen and oxygen atoms in total. The molecule has 0 bridgehead atoms. The topological polar surface area (TPSA) is 78.9 Å². The zero-order valence-corrected chi connectivity index (χ0v) is 49.9. The van der Waals surface area contributed by atoms with Gasteiger partial charge >= 0.3 is 17.9 Å². The summed E-state index contributed by atoms with van der Waals surface area (Å²) in [6.45, 7) is 6.28. The molecule has 0 heterocycles. The average Bonchev–Trinajstić information content (AvgIpc) is 3.43. The van der Waals surface area contributed by atoms with E-state index in [-0.39, 0.29) is 31.6 Å². The van der Waals surface area contributed by atoms with Gasteiger partial charge in [0.15, 0.2) is 6.10 Å². The summed E-state index contributed by atoms with van der Waals surface area (Å²) >= 11 is 0. The van der Waals surface area contributed by atoms with Crippen molar-refractivity contribution in [3.05, 3.63) is 134 Å². The molecule has 0 fully saturated rings. The van der Waals surface area contributed by atoms with Crippen LogP contribution in [0.3, 0.4) is 0 Å². The van der Waals surface area contributed by atoms with Crippen LogP contribution in [0.25, 0.3) is 0 Å². The van der Waals surface area contributed by atoms with Crippen molar-refractivity contribution in [1.82, 2.24) is 0 Å². The lowest BCUT2D eigenvalue weighted by atomic mass is 10.0. The largest absolute Gasteiger partial charge is 0.462 e. The molecule has 0 aliphatic heterocycles. The van der Waals surface area contributed by atoms with E-state index < -0.39 is 12.1 Å². The monoisotopic (exact) mass is 1060 g/mol. The summed E-state index contributed by atoms with van der Waals surface area (Å²) in [4.78, 5) is 38.1. The fourth-order valence-electron chi connectivity index (χ4n) is 8.47. The Morgan fingerprint density at radius 3 is 0.870 bits per heavy atom. The summed E-state index contributed by atoms with van der Waals surface area (Å²) in [6, 6.07) is 0. The van der Waals surface area contributed by atoms with Gasteiger partial charge in [0.25, 0.3) is 0 Å². The van der Waals surface area contributed by atoms with Gasteiger partial charge in [-0.15, -0.1) is 0 Å². The van der Waals surface area contributed by atoms with Crippen LogP contribution >= 0.6 is 0 Å². The highest BCUT2D eigenvalue weighted by Gasteiger charge is 2.19. The van der Waals surface area contributed by atoms with Crippen molar-refractivity contribution in [2.45, 2.75) is 284 Å². The summed E-state index contributed by atoms with van der Waals surface area (Å²) < 4.78 is 16.7. The lowest BCUT2D eigenvalue weighted by molar-refractivity contribution is -0.166. The molecule has 0 aliphatic rings. The second-order valence-corrected chi connectivity index (χ2v) is 20.6. The van der Waals surface area contributed by atoms with Gasteiger partial charge in [0.1, 0.15) is 13.2 Å². The summed E-state index contributed by atoms with van der Waals surface area (Å²) in [7, 11) is 0. The first-order valence-corrected chi connectivity index (χ1v) is 31.7. The molecule has 0 aromatic rings. The standard InChI is InChI=1S/C71H116O6/c1-4-7-10-13-16-19-22-24-26-27-28-29-30-31-32-33-34-35-36-37-38-39-40-41-42-43-45-46-49-52-55-58-61-64-70(73)76-67-68(66-75-69(72)63-60-57-54-51-48-21-18-15-12-9-6-3)77-71(74)65-62-59-56-53-50-47-44-25-23-20-17-14-11-8-5-2/h7-8,10-11,15-20,24-26,28-29,31-32,44,50,53,59,62,68H,4-6,9,12-14,21-23,27,30,33-43,45-49,51-52,54-58,60-61,63-67H2,1-3H3/b10-7-,11-8-,18-15-,19-16-,20-17-,26-24-,29-28-,32-31-,44-25-,53-50-,62-59-. The fraction of sp³-hybridized carbons (Fsp3) is 0.648. The Kier molecular flexibility index (Phi) is 60.4. The highest BCUT2D eigenvalue weighted by atomic mass is 16.6. The Bertz CT molecular complexity index is 1650. The quantitative estimate of drug-likeness (QED) is 0.0261. The molecule has 0 rings (SSSR count). The van der Waals surface area contributed by atoms with Crippen LogP contribution in [0.5, 0.6) is 0 Å². The van der Waals surface area contributed by atoms with E-state index in [4.69, 9.17) is 14.2 Å². The van der Waals surface area contributed by atoms with Crippen LogP contribution in [-0.4, -0.2) is 37.2 Å². The van der Waals surface area contributed by atoms with Crippen LogP contribution in [0.2, 0.25) is 0 Å². The molecular formula is C71H116O6. The fourth-order valence-corrected chi connectivity index (χ4v) is 8.47. The third-order valence-corrected chi connectivity index (χ3v) is 13.2. The molecule has 0 radical (unpaired) electrons. The summed E-state index contributed by atoms with van der Waals surface area (Å²) in [6.07, 6.45) is 90.8. The molecule has 1 atom stereocenters.